The summed E-state index contributed by atoms with van der Waals surface area (Å²) in [6, 6.07) is -2.62. The van der Waals surface area contributed by atoms with Crippen molar-refractivity contribution in [2.45, 2.75) is 127 Å². The molecule has 2 fully saturated rings. The van der Waals surface area contributed by atoms with Gasteiger partial charge in [0.2, 0.25) is 59.1 Å². The monoisotopic (exact) mass is 993 g/mol. The molecule has 25 heteroatoms. The molecular weight excluding hydrogens is 927 g/mol. The van der Waals surface area contributed by atoms with Crippen LogP contribution in [0.2, 0.25) is 0 Å². The number of benzene rings is 1. The van der Waals surface area contributed by atoms with E-state index >= 15 is 0 Å². The number of carbonyl (C=O) groups is 10. The van der Waals surface area contributed by atoms with E-state index in [9.17, 15) is 53.1 Å². The van der Waals surface area contributed by atoms with Crippen LogP contribution in [-0.2, 0) is 54.4 Å². The van der Waals surface area contributed by atoms with Gasteiger partial charge in [-0.25, -0.2) is 0 Å². The summed E-state index contributed by atoms with van der Waals surface area (Å²) in [5.74, 6) is -8.07. The molecule has 378 valence electrons. The first-order chi connectivity index (χ1) is 32.3. The summed E-state index contributed by atoms with van der Waals surface area (Å²) in [6.45, 7) is 6.72. The highest BCUT2D eigenvalue weighted by molar-refractivity contribution is 8.76. The molecular formula is C43H67N11O12S2. The van der Waals surface area contributed by atoms with Gasteiger partial charge in [0.05, 0.1) is 25.7 Å². The van der Waals surface area contributed by atoms with Gasteiger partial charge in [-0.15, -0.1) is 0 Å². The predicted octanol–water partition coefficient (Wildman–Crippen LogP) is -3.04. The van der Waals surface area contributed by atoms with Crippen LogP contribution in [0, 0.1) is 5.92 Å². The number of ether oxygens (including phenoxy) is 1. The number of nitrogens with zero attached hydrogens (tertiary/aromatic N) is 1. The van der Waals surface area contributed by atoms with Gasteiger partial charge in [-0.3, -0.25) is 47.9 Å². The average Bonchev–Trinajstić information content (AvgIpc) is 3.79. The molecule has 9 atom stereocenters. The number of aliphatic hydroxyl groups is 1. The molecule has 0 aromatic heterocycles. The number of nitrogens with one attached hydrogen (secondary N) is 7. The maximum Gasteiger partial charge on any atom is 0.246 e. The van der Waals surface area contributed by atoms with Crippen LogP contribution in [0.4, 0.5) is 0 Å². The number of aliphatic hydroxyl groups excluding tert-OH is 1. The summed E-state index contributed by atoms with van der Waals surface area (Å²) in [5.41, 5.74) is 17.0. The Hall–Kier alpha value is -5.66. The summed E-state index contributed by atoms with van der Waals surface area (Å²) in [7, 11) is 2.27. The number of likely N-dealkylation sites (tertiary alicyclic amines) is 1. The minimum Gasteiger partial charge on any atom is -0.494 e. The van der Waals surface area contributed by atoms with E-state index in [1.807, 2.05) is 6.92 Å². The highest BCUT2D eigenvalue weighted by Crippen LogP contribution is 2.26. The molecule has 2 saturated heterocycles. The quantitative estimate of drug-likeness (QED) is 0.0652. The van der Waals surface area contributed by atoms with E-state index in [2.05, 4.69) is 37.2 Å². The smallest absolute Gasteiger partial charge is 0.246 e. The fourth-order valence-electron chi connectivity index (χ4n) is 7.29. The predicted molar refractivity (Wildman–Crippen MR) is 253 cm³/mol. The molecule has 2 aliphatic rings. The SMILES string of the molecule is CCOc1ccc(C[C@H]2NC(=O)CCSSC[C@@H](C(=O)N3CCC[C@H]3C(=O)NC(CCCN)C(=O)NCC(N)=O)NC(=O)[C@H](CC(N)=O)NC(=O)C(C(C)O)NC(=O)[C@H](C(C)CC)NC2=O)cc1. The lowest BCUT2D eigenvalue weighted by molar-refractivity contribution is -0.142. The number of hydrogen-bond acceptors (Lipinski definition) is 15. The number of carbonyl (C=O) groups excluding carboxylic acids is 10. The molecule has 0 saturated carbocycles. The van der Waals surface area contributed by atoms with E-state index in [0.29, 0.717) is 37.2 Å². The lowest BCUT2D eigenvalue weighted by Crippen LogP contribution is -2.63. The molecule has 1 aromatic rings. The first-order valence-electron chi connectivity index (χ1n) is 22.6. The van der Waals surface area contributed by atoms with Gasteiger partial charge in [-0.1, -0.05) is 54.0 Å². The van der Waals surface area contributed by atoms with Crippen LogP contribution >= 0.6 is 21.6 Å². The van der Waals surface area contributed by atoms with Crippen molar-refractivity contribution in [2.75, 3.05) is 37.7 Å². The van der Waals surface area contributed by atoms with E-state index in [4.69, 9.17) is 21.9 Å². The summed E-state index contributed by atoms with van der Waals surface area (Å²) in [6.07, 6.45) is -1.05. The third kappa shape index (κ3) is 18.1. The second-order valence-electron chi connectivity index (χ2n) is 16.5. The standard InChI is InChI=1S/C43H67N11O12S2/c1-5-23(3)35-41(63)53-36(24(4)55)42(64)50-29(20-32(45)56)38(60)51-30(43(65)54-17-8-10-31(54)40(62)49-27(9-7-16-44)37(59)47-21-33(46)57)22-68-67-18-15-34(58)48-28(39(61)52-35)19-25-11-13-26(14-12-25)66-6-2/h11-14,23-24,27-31,35-36,55H,5-10,15-22,44H2,1-4H3,(H2,45,56)(H2,46,57)(H,47,59)(H,48,58)(H,49,62)(H,50,64)(H,51,60)(H,52,61)(H,53,63)/t23?,24?,27?,28-,29+,30+,31+,35+,36?/m1/s1. The average molecular weight is 994 g/mol. The summed E-state index contributed by atoms with van der Waals surface area (Å²) < 4.78 is 5.53. The Labute approximate surface area is 403 Å². The Morgan fingerprint density at radius 3 is 2.15 bits per heavy atom. The fraction of sp³-hybridized carbons (Fsp3) is 0.628. The minimum absolute atomic E-state index is 0.0243. The Bertz CT molecular complexity index is 1950. The van der Waals surface area contributed by atoms with Crippen molar-refractivity contribution in [1.82, 2.24) is 42.1 Å². The van der Waals surface area contributed by atoms with Crippen molar-refractivity contribution in [3.63, 3.8) is 0 Å². The molecule has 0 radical (unpaired) electrons. The Morgan fingerprint density at radius 2 is 1.53 bits per heavy atom. The van der Waals surface area contributed by atoms with Crippen LogP contribution in [0.1, 0.15) is 78.2 Å². The Kier molecular flexibility index (Phi) is 23.8. The number of amides is 10. The van der Waals surface area contributed by atoms with Crippen molar-refractivity contribution < 1.29 is 57.8 Å². The van der Waals surface area contributed by atoms with E-state index in [1.165, 1.54) is 22.6 Å². The first-order valence-corrected chi connectivity index (χ1v) is 25.1. The second-order valence-corrected chi connectivity index (χ2v) is 19.1. The van der Waals surface area contributed by atoms with Crippen LogP contribution < -0.4 is 59.2 Å². The summed E-state index contributed by atoms with van der Waals surface area (Å²) in [5, 5.41) is 28.7. The first kappa shape index (κ1) is 56.7. The molecule has 3 rings (SSSR count). The van der Waals surface area contributed by atoms with Crippen molar-refractivity contribution in [3.8, 4) is 5.75 Å². The minimum atomic E-state index is -1.74. The highest BCUT2D eigenvalue weighted by atomic mass is 33.1. The molecule has 0 spiro atoms. The Balaban J connectivity index is 1.99. The lowest BCUT2D eigenvalue weighted by Gasteiger charge is -2.31. The molecule has 2 heterocycles. The van der Waals surface area contributed by atoms with Gasteiger partial charge < -0.3 is 69.2 Å². The van der Waals surface area contributed by atoms with Gasteiger partial charge in [-0.2, -0.15) is 0 Å². The van der Waals surface area contributed by atoms with Gasteiger partial charge in [0.1, 0.15) is 48.0 Å². The van der Waals surface area contributed by atoms with E-state index in [1.54, 1.807) is 38.1 Å². The third-order valence-corrected chi connectivity index (χ3v) is 13.6. The summed E-state index contributed by atoms with van der Waals surface area (Å²) in [4.78, 5) is 135. The fourth-order valence-corrected chi connectivity index (χ4v) is 9.44. The normalized spacial score (nSPS) is 23.8. The number of nitrogens with two attached hydrogens (primary N) is 3. The van der Waals surface area contributed by atoms with Crippen molar-refractivity contribution >= 4 is 80.7 Å². The van der Waals surface area contributed by atoms with E-state index in [0.717, 1.165) is 10.8 Å². The van der Waals surface area contributed by atoms with Gasteiger partial charge in [0, 0.05) is 30.9 Å². The molecule has 0 aliphatic carbocycles. The maximum atomic E-state index is 14.4. The molecule has 4 unspecified atom stereocenters. The summed E-state index contributed by atoms with van der Waals surface area (Å²) >= 11 is 0. The molecule has 0 bridgehead atoms. The zero-order valence-corrected chi connectivity index (χ0v) is 40.5. The zero-order chi connectivity index (χ0) is 50.5. The molecule has 1 aromatic carbocycles. The highest BCUT2D eigenvalue weighted by Gasteiger charge is 2.41. The van der Waals surface area contributed by atoms with Crippen molar-refractivity contribution in [1.29, 1.82) is 0 Å². The second kappa shape index (κ2) is 28.6. The molecule has 2 aliphatic heterocycles. The number of rotatable bonds is 18. The van der Waals surface area contributed by atoms with Crippen molar-refractivity contribution in [3.05, 3.63) is 29.8 Å². The van der Waals surface area contributed by atoms with Crippen LogP contribution in [0.15, 0.2) is 24.3 Å². The number of primary amides is 2. The van der Waals surface area contributed by atoms with Gasteiger partial charge in [-0.05, 0) is 69.7 Å². The van der Waals surface area contributed by atoms with Crippen LogP contribution in [0.5, 0.6) is 5.75 Å². The van der Waals surface area contributed by atoms with Gasteiger partial charge in [0.25, 0.3) is 0 Å². The molecule has 10 amide bonds. The molecule has 14 N–H and O–H groups in total. The van der Waals surface area contributed by atoms with Gasteiger partial charge in [0.15, 0.2) is 0 Å². The topological polar surface area (TPSA) is 366 Å². The molecule has 23 nitrogen and oxygen atoms in total. The van der Waals surface area contributed by atoms with Crippen LogP contribution in [-0.4, -0.2) is 155 Å². The largest absolute Gasteiger partial charge is 0.494 e. The Morgan fingerprint density at radius 1 is 0.868 bits per heavy atom. The molecule has 68 heavy (non-hydrogen) atoms. The maximum absolute atomic E-state index is 14.4. The lowest BCUT2D eigenvalue weighted by atomic mass is 9.96. The number of hydrogen-bond donors (Lipinski definition) is 11. The van der Waals surface area contributed by atoms with Gasteiger partial charge >= 0.3 is 0 Å². The van der Waals surface area contributed by atoms with Crippen LogP contribution in [0.25, 0.3) is 0 Å². The van der Waals surface area contributed by atoms with E-state index in [-0.39, 0.29) is 50.3 Å². The zero-order valence-electron chi connectivity index (χ0n) is 38.8. The van der Waals surface area contributed by atoms with Crippen LogP contribution in [0.3, 0.4) is 0 Å². The third-order valence-electron chi connectivity index (χ3n) is 11.2. The van der Waals surface area contributed by atoms with E-state index < -0.39 is 126 Å². The van der Waals surface area contributed by atoms with Crippen molar-refractivity contribution in [2.24, 2.45) is 23.1 Å².